The third-order valence-electron chi connectivity index (χ3n) is 2.15. The summed E-state index contributed by atoms with van der Waals surface area (Å²) in [5.74, 6) is -0.625. The van der Waals surface area contributed by atoms with E-state index in [9.17, 15) is 14.9 Å². The Kier molecular flexibility index (Phi) is 3.72. The molecule has 0 spiro atoms. The summed E-state index contributed by atoms with van der Waals surface area (Å²) in [5, 5.41) is 21.9. The molecule has 0 atom stereocenters. The van der Waals surface area contributed by atoms with Crippen molar-refractivity contribution in [1.82, 2.24) is 10.2 Å². The second-order valence-electron chi connectivity index (χ2n) is 3.50. The van der Waals surface area contributed by atoms with E-state index in [1.807, 2.05) is 0 Å². The van der Waals surface area contributed by atoms with E-state index >= 15 is 0 Å². The summed E-state index contributed by atoms with van der Waals surface area (Å²) < 4.78 is 0. The van der Waals surface area contributed by atoms with E-state index < -0.39 is 10.8 Å². The number of anilines is 1. The summed E-state index contributed by atoms with van der Waals surface area (Å²) in [5.41, 5.74) is -0.437. The molecular weight excluding hydrogens is 292 g/mol. The topological polar surface area (TPSA) is 98.0 Å². The van der Waals surface area contributed by atoms with Crippen molar-refractivity contribution in [3.63, 3.8) is 0 Å². The minimum absolute atomic E-state index is 0.0812. The number of nitro benzene ring substituents is 1. The first-order valence-corrected chi connectivity index (χ1v) is 6.22. The fourth-order valence-corrected chi connectivity index (χ4v) is 2.11. The van der Waals surface area contributed by atoms with Crippen molar-refractivity contribution < 1.29 is 9.72 Å². The van der Waals surface area contributed by atoms with Crippen LogP contribution in [0.2, 0.25) is 5.02 Å². The quantitative estimate of drug-likeness (QED) is 0.694. The zero-order valence-electron chi connectivity index (χ0n) is 9.58. The van der Waals surface area contributed by atoms with Crippen molar-refractivity contribution in [2.24, 2.45) is 0 Å². The fourth-order valence-electron chi connectivity index (χ4n) is 1.36. The van der Waals surface area contributed by atoms with Gasteiger partial charge < -0.3 is 0 Å². The summed E-state index contributed by atoms with van der Waals surface area (Å²) in [6, 6.07) is 3.83. The second-order valence-corrected chi connectivity index (χ2v) is 5.12. The number of aromatic nitrogens is 2. The molecule has 9 heteroatoms. The van der Waals surface area contributed by atoms with Gasteiger partial charge in [-0.15, -0.1) is 10.2 Å². The molecule has 98 valence electrons. The van der Waals surface area contributed by atoms with Gasteiger partial charge >= 0.3 is 0 Å². The van der Waals surface area contributed by atoms with Crippen LogP contribution >= 0.6 is 22.9 Å². The van der Waals surface area contributed by atoms with Gasteiger partial charge in [-0.3, -0.25) is 20.2 Å². The number of nitrogens with one attached hydrogen (secondary N) is 1. The van der Waals surface area contributed by atoms with E-state index in [0.29, 0.717) is 5.01 Å². The molecule has 2 rings (SSSR count). The molecule has 0 aliphatic rings. The van der Waals surface area contributed by atoms with Gasteiger partial charge in [0.2, 0.25) is 5.13 Å². The smallest absolute Gasteiger partial charge is 0.283 e. The van der Waals surface area contributed by atoms with Crippen LogP contribution in [-0.2, 0) is 0 Å². The first-order valence-electron chi connectivity index (χ1n) is 5.03. The van der Waals surface area contributed by atoms with Gasteiger partial charge in [-0.1, -0.05) is 22.9 Å². The Morgan fingerprint density at radius 2 is 2.21 bits per heavy atom. The van der Waals surface area contributed by atoms with Crippen molar-refractivity contribution in [1.29, 1.82) is 0 Å². The van der Waals surface area contributed by atoms with Crippen molar-refractivity contribution in [2.75, 3.05) is 5.32 Å². The lowest BCUT2D eigenvalue weighted by Crippen LogP contribution is -2.13. The highest BCUT2D eigenvalue weighted by Gasteiger charge is 2.21. The first-order chi connectivity index (χ1) is 8.97. The van der Waals surface area contributed by atoms with Gasteiger partial charge in [0.15, 0.2) is 0 Å². The van der Waals surface area contributed by atoms with Crippen LogP contribution in [0, 0.1) is 17.0 Å². The third kappa shape index (κ3) is 3.04. The summed E-state index contributed by atoms with van der Waals surface area (Å²) in [6.45, 7) is 1.73. The summed E-state index contributed by atoms with van der Waals surface area (Å²) in [4.78, 5) is 22.2. The maximum Gasteiger partial charge on any atom is 0.283 e. The van der Waals surface area contributed by atoms with Crippen LogP contribution in [0.15, 0.2) is 18.2 Å². The maximum atomic E-state index is 11.9. The van der Waals surface area contributed by atoms with Crippen molar-refractivity contribution in [3.8, 4) is 0 Å². The Labute approximate surface area is 116 Å². The van der Waals surface area contributed by atoms with Crippen LogP contribution in [0.4, 0.5) is 10.8 Å². The normalized spacial score (nSPS) is 10.2. The van der Waals surface area contributed by atoms with E-state index in [2.05, 4.69) is 15.5 Å². The highest BCUT2D eigenvalue weighted by atomic mass is 35.5. The Morgan fingerprint density at radius 3 is 2.79 bits per heavy atom. The molecule has 2 aromatic rings. The van der Waals surface area contributed by atoms with Crippen molar-refractivity contribution in [2.45, 2.75) is 6.92 Å². The monoisotopic (exact) mass is 298 g/mol. The minimum atomic E-state index is -0.661. The van der Waals surface area contributed by atoms with E-state index in [1.165, 1.54) is 23.5 Å². The summed E-state index contributed by atoms with van der Waals surface area (Å²) >= 11 is 6.85. The first kappa shape index (κ1) is 13.4. The Hall–Kier alpha value is -2.06. The van der Waals surface area contributed by atoms with Gasteiger partial charge in [-0.25, -0.2) is 0 Å². The number of hydrogen-bond donors (Lipinski definition) is 1. The molecule has 1 heterocycles. The molecule has 0 bridgehead atoms. The molecule has 0 fully saturated rings. The van der Waals surface area contributed by atoms with E-state index in [-0.39, 0.29) is 21.4 Å². The van der Waals surface area contributed by atoms with Gasteiger partial charge in [0.25, 0.3) is 11.6 Å². The molecule has 1 aromatic carbocycles. The summed E-state index contributed by atoms with van der Waals surface area (Å²) in [6.07, 6.45) is 0. The number of halogens is 1. The molecule has 0 aliphatic heterocycles. The third-order valence-corrected chi connectivity index (χ3v) is 3.14. The van der Waals surface area contributed by atoms with Gasteiger partial charge in [0.05, 0.1) is 4.92 Å². The molecule has 1 amide bonds. The number of rotatable bonds is 3. The molecule has 1 N–H and O–H groups in total. The molecule has 0 radical (unpaired) electrons. The highest BCUT2D eigenvalue weighted by Crippen LogP contribution is 2.24. The van der Waals surface area contributed by atoms with Crippen molar-refractivity contribution in [3.05, 3.63) is 43.9 Å². The van der Waals surface area contributed by atoms with Crippen LogP contribution in [0.1, 0.15) is 15.4 Å². The van der Waals surface area contributed by atoms with Crippen LogP contribution < -0.4 is 5.32 Å². The van der Waals surface area contributed by atoms with Gasteiger partial charge in [0, 0.05) is 11.1 Å². The number of amides is 1. The largest absolute Gasteiger partial charge is 0.296 e. The number of benzene rings is 1. The molecule has 0 aliphatic carbocycles. The van der Waals surface area contributed by atoms with Crippen LogP contribution in [0.3, 0.4) is 0 Å². The van der Waals surface area contributed by atoms with Gasteiger partial charge in [-0.05, 0) is 19.1 Å². The lowest BCUT2D eigenvalue weighted by molar-refractivity contribution is -0.385. The Balaban J connectivity index is 2.31. The van der Waals surface area contributed by atoms with E-state index in [1.54, 1.807) is 6.92 Å². The predicted octanol–water partition coefficient (Wildman–Crippen LogP) is 2.66. The molecule has 7 nitrogen and oxygen atoms in total. The number of hydrogen-bond acceptors (Lipinski definition) is 6. The SMILES string of the molecule is Cc1nnc(NC(=O)c2ccc(Cl)cc2[N+](=O)[O-])s1. The molecule has 19 heavy (non-hydrogen) atoms. The Bertz CT molecular complexity index is 658. The minimum Gasteiger partial charge on any atom is -0.296 e. The molecular formula is C10H7ClN4O3S. The molecule has 0 unspecified atom stereocenters. The number of carbonyl (C=O) groups is 1. The number of aryl methyl sites for hydroxylation is 1. The zero-order chi connectivity index (χ0) is 14.0. The lowest BCUT2D eigenvalue weighted by Gasteiger charge is -2.02. The van der Waals surface area contributed by atoms with Crippen molar-refractivity contribution >= 4 is 39.7 Å². The molecule has 0 saturated carbocycles. The zero-order valence-corrected chi connectivity index (χ0v) is 11.2. The second kappa shape index (κ2) is 5.29. The van der Waals surface area contributed by atoms with E-state index in [0.717, 1.165) is 6.07 Å². The van der Waals surface area contributed by atoms with Crippen LogP contribution in [0.25, 0.3) is 0 Å². The fraction of sp³-hybridized carbons (Fsp3) is 0.100. The maximum absolute atomic E-state index is 11.9. The van der Waals surface area contributed by atoms with Crippen LogP contribution in [-0.4, -0.2) is 21.0 Å². The van der Waals surface area contributed by atoms with Crippen LogP contribution in [0.5, 0.6) is 0 Å². The lowest BCUT2D eigenvalue weighted by atomic mass is 10.1. The average molecular weight is 299 g/mol. The standard InChI is InChI=1S/C10H7ClN4O3S/c1-5-13-14-10(19-5)12-9(16)7-3-2-6(11)4-8(7)15(17)18/h2-4H,1H3,(H,12,14,16). The molecule has 0 saturated heterocycles. The number of nitro groups is 1. The Morgan fingerprint density at radius 1 is 1.47 bits per heavy atom. The number of nitrogens with zero attached hydrogens (tertiary/aromatic N) is 3. The van der Waals surface area contributed by atoms with Gasteiger partial charge in [0.1, 0.15) is 10.6 Å². The summed E-state index contributed by atoms with van der Waals surface area (Å²) in [7, 11) is 0. The predicted molar refractivity (Wildman–Crippen MR) is 70.7 cm³/mol. The van der Waals surface area contributed by atoms with E-state index in [4.69, 9.17) is 11.6 Å². The average Bonchev–Trinajstić information content (AvgIpc) is 2.74. The van der Waals surface area contributed by atoms with Gasteiger partial charge in [-0.2, -0.15) is 0 Å². The highest BCUT2D eigenvalue weighted by molar-refractivity contribution is 7.15. The number of carbonyl (C=O) groups excluding carboxylic acids is 1. The molecule has 1 aromatic heterocycles.